The van der Waals surface area contributed by atoms with Crippen molar-refractivity contribution in [1.29, 1.82) is 0 Å². The molecule has 0 radical (unpaired) electrons. The van der Waals surface area contributed by atoms with Crippen molar-refractivity contribution < 1.29 is 24.3 Å². The van der Waals surface area contributed by atoms with Crippen LogP contribution in [-0.4, -0.2) is 70.5 Å². The number of carboxylic acid groups (broad SMARTS) is 1. The topological polar surface area (TPSA) is 231 Å². The average Bonchev–Trinajstić information content (AvgIpc) is 3.37. The smallest absolute Gasteiger partial charge is 0.326 e. The summed E-state index contributed by atoms with van der Waals surface area (Å²) in [5.41, 5.74) is 19.1. The monoisotopic (exact) mass is 578 g/mol. The van der Waals surface area contributed by atoms with Crippen LogP contribution in [0.2, 0.25) is 0 Å². The highest BCUT2D eigenvalue weighted by atomic mass is 16.4. The number of rotatable bonds is 15. The predicted molar refractivity (Wildman–Crippen MR) is 159 cm³/mol. The second kappa shape index (κ2) is 15.2. The molecule has 42 heavy (non-hydrogen) atoms. The Bertz CT molecular complexity index is 1400. The van der Waals surface area contributed by atoms with Crippen LogP contribution in [0.5, 0.6) is 0 Å². The minimum Gasteiger partial charge on any atom is -0.480 e. The zero-order valence-electron chi connectivity index (χ0n) is 23.4. The first kappa shape index (κ1) is 31.6. The first-order valence-electron chi connectivity index (χ1n) is 13.6. The van der Waals surface area contributed by atoms with Crippen LogP contribution in [0.3, 0.4) is 0 Å². The van der Waals surface area contributed by atoms with Gasteiger partial charge in [0.1, 0.15) is 18.1 Å². The van der Waals surface area contributed by atoms with Gasteiger partial charge in [-0.25, -0.2) is 4.79 Å². The Labute approximate surface area is 243 Å². The summed E-state index contributed by atoms with van der Waals surface area (Å²) in [6.45, 7) is 1.67. The summed E-state index contributed by atoms with van der Waals surface area (Å²) in [4.78, 5) is 58.0. The molecule has 2 aromatic carbocycles. The Balaban J connectivity index is 1.71. The molecule has 0 spiro atoms. The molecule has 3 rings (SSSR count). The molecule has 4 atom stereocenters. The molecule has 0 saturated carbocycles. The second-order valence-corrected chi connectivity index (χ2v) is 10.00. The quantitative estimate of drug-likeness (QED) is 0.0687. The third kappa shape index (κ3) is 9.34. The number of aliphatic carboxylic acids is 1. The van der Waals surface area contributed by atoms with Crippen LogP contribution in [0, 0.1) is 0 Å². The van der Waals surface area contributed by atoms with Gasteiger partial charge in [-0.05, 0) is 43.4 Å². The maximum absolute atomic E-state index is 13.4. The van der Waals surface area contributed by atoms with E-state index in [0.29, 0.717) is 6.42 Å². The van der Waals surface area contributed by atoms with Crippen molar-refractivity contribution in [3.05, 3.63) is 71.9 Å². The van der Waals surface area contributed by atoms with Gasteiger partial charge in [0.2, 0.25) is 17.7 Å². The summed E-state index contributed by atoms with van der Waals surface area (Å²) in [5.74, 6) is -3.20. The molecule has 4 unspecified atom stereocenters. The molecule has 3 aromatic rings. The van der Waals surface area contributed by atoms with Crippen molar-refractivity contribution in [2.45, 2.75) is 56.8 Å². The van der Waals surface area contributed by atoms with E-state index in [4.69, 9.17) is 17.2 Å². The van der Waals surface area contributed by atoms with Gasteiger partial charge >= 0.3 is 5.97 Å². The second-order valence-electron chi connectivity index (χ2n) is 10.00. The highest BCUT2D eigenvalue weighted by Crippen LogP contribution is 2.19. The van der Waals surface area contributed by atoms with E-state index < -0.39 is 47.9 Å². The minimum atomic E-state index is -1.24. The lowest BCUT2D eigenvalue weighted by Crippen LogP contribution is -2.57. The molecule has 0 saturated heterocycles. The number of nitrogens with zero attached hydrogens (tertiary/aromatic N) is 1. The van der Waals surface area contributed by atoms with Crippen LogP contribution in [0.25, 0.3) is 10.9 Å². The number of nitrogens with one attached hydrogen (secondary N) is 4. The highest BCUT2D eigenvalue weighted by molar-refractivity contribution is 5.94. The number of hydrogen-bond acceptors (Lipinski definition) is 6. The van der Waals surface area contributed by atoms with Crippen LogP contribution >= 0.6 is 0 Å². The lowest BCUT2D eigenvalue weighted by atomic mass is 10.0. The molecule has 13 nitrogen and oxygen atoms in total. The van der Waals surface area contributed by atoms with Gasteiger partial charge in [-0.2, -0.15) is 0 Å². The third-order valence-corrected chi connectivity index (χ3v) is 6.68. The molecule has 11 N–H and O–H groups in total. The van der Waals surface area contributed by atoms with Crippen molar-refractivity contribution >= 4 is 40.6 Å². The predicted octanol–water partition coefficient (Wildman–Crippen LogP) is -0.107. The fourth-order valence-corrected chi connectivity index (χ4v) is 4.41. The molecule has 0 fully saturated rings. The standard InChI is InChI=1S/C29H38N8O5/c1-17(35-26(39)21(30)14-18-8-3-2-4-9-18)25(38)37-24(15-19-16-34-22-11-6-5-10-20(19)22)27(40)36-23(28(41)42)12-7-13-33-29(31)32/h2-6,8-11,16-17,21,23-24,34H,7,12-15,30H2,1H3,(H,35,39)(H,36,40)(H,37,38)(H,41,42)(H4,31,32,33). The number of amides is 3. The number of aliphatic imine (C=N–C) groups is 1. The van der Waals surface area contributed by atoms with Crippen molar-refractivity contribution in [2.75, 3.05) is 6.54 Å². The summed E-state index contributed by atoms with van der Waals surface area (Å²) in [7, 11) is 0. The van der Waals surface area contributed by atoms with Crippen LogP contribution in [0.1, 0.15) is 30.9 Å². The number of hydrogen-bond donors (Lipinski definition) is 8. The van der Waals surface area contributed by atoms with E-state index >= 15 is 0 Å². The summed E-state index contributed by atoms with van der Waals surface area (Å²) in [6, 6.07) is 12.4. The largest absolute Gasteiger partial charge is 0.480 e. The molecule has 0 aliphatic rings. The molecular weight excluding hydrogens is 540 g/mol. The molecule has 0 aliphatic heterocycles. The average molecular weight is 579 g/mol. The zero-order valence-corrected chi connectivity index (χ0v) is 23.4. The van der Waals surface area contributed by atoms with E-state index in [2.05, 4.69) is 25.9 Å². The van der Waals surface area contributed by atoms with Crippen molar-refractivity contribution in [1.82, 2.24) is 20.9 Å². The van der Waals surface area contributed by atoms with E-state index in [1.165, 1.54) is 6.92 Å². The number of carboxylic acids is 1. The molecule has 3 amide bonds. The van der Waals surface area contributed by atoms with Gasteiger partial charge in [0.25, 0.3) is 0 Å². The lowest BCUT2D eigenvalue weighted by molar-refractivity contribution is -0.142. The Morgan fingerprint density at radius 1 is 0.881 bits per heavy atom. The Morgan fingerprint density at radius 3 is 2.24 bits per heavy atom. The lowest BCUT2D eigenvalue weighted by Gasteiger charge is -2.24. The number of aromatic nitrogens is 1. The number of benzene rings is 2. The Hall–Kier alpha value is -4.91. The van der Waals surface area contributed by atoms with Crippen molar-refractivity contribution in [3.63, 3.8) is 0 Å². The number of aromatic amines is 1. The van der Waals surface area contributed by atoms with Gasteiger partial charge in [0.05, 0.1) is 6.04 Å². The van der Waals surface area contributed by atoms with E-state index in [1.54, 1.807) is 6.20 Å². The summed E-state index contributed by atoms with van der Waals surface area (Å²) in [5, 5.41) is 18.3. The van der Waals surface area contributed by atoms with Gasteiger partial charge < -0.3 is 43.2 Å². The SMILES string of the molecule is CC(NC(=O)C(N)Cc1ccccc1)C(=O)NC(Cc1c[nH]c2ccccc12)C(=O)NC(CCCN=C(N)N)C(=O)O. The molecule has 0 bridgehead atoms. The number of H-pyrrole nitrogens is 1. The molecule has 1 aromatic heterocycles. The van der Waals surface area contributed by atoms with Crippen LogP contribution < -0.4 is 33.2 Å². The van der Waals surface area contributed by atoms with Gasteiger partial charge in [0, 0.05) is 30.1 Å². The molecule has 1 heterocycles. The minimum absolute atomic E-state index is 0.0656. The fourth-order valence-electron chi connectivity index (χ4n) is 4.41. The Morgan fingerprint density at radius 2 is 1.55 bits per heavy atom. The first-order valence-corrected chi connectivity index (χ1v) is 13.6. The van der Waals surface area contributed by atoms with Gasteiger partial charge in [-0.3, -0.25) is 19.4 Å². The molecular formula is C29H38N8O5. The number of fused-ring (bicyclic) bond motifs is 1. The number of guanidine groups is 1. The van der Waals surface area contributed by atoms with Crippen molar-refractivity contribution in [2.24, 2.45) is 22.2 Å². The zero-order chi connectivity index (χ0) is 30.6. The number of carbonyl (C=O) groups is 4. The van der Waals surface area contributed by atoms with Crippen LogP contribution in [0.4, 0.5) is 0 Å². The molecule has 224 valence electrons. The normalized spacial score (nSPS) is 13.8. The van der Waals surface area contributed by atoms with Gasteiger partial charge in [-0.1, -0.05) is 48.5 Å². The number of nitrogens with two attached hydrogens (primary N) is 3. The number of carbonyl (C=O) groups excluding carboxylic acids is 3. The van der Waals surface area contributed by atoms with Gasteiger partial charge in [-0.15, -0.1) is 0 Å². The highest BCUT2D eigenvalue weighted by Gasteiger charge is 2.29. The van der Waals surface area contributed by atoms with Crippen molar-refractivity contribution in [3.8, 4) is 0 Å². The molecule has 13 heteroatoms. The molecule has 0 aliphatic carbocycles. The van der Waals surface area contributed by atoms with E-state index in [0.717, 1.165) is 22.0 Å². The van der Waals surface area contributed by atoms with Gasteiger partial charge in [0.15, 0.2) is 5.96 Å². The maximum Gasteiger partial charge on any atom is 0.326 e. The summed E-state index contributed by atoms with van der Waals surface area (Å²) < 4.78 is 0. The van der Waals surface area contributed by atoms with E-state index in [9.17, 15) is 24.3 Å². The Kier molecular flexibility index (Phi) is 11.4. The maximum atomic E-state index is 13.4. The van der Waals surface area contributed by atoms with E-state index in [-0.39, 0.29) is 31.8 Å². The first-order chi connectivity index (χ1) is 20.0. The summed E-state index contributed by atoms with van der Waals surface area (Å²) in [6.07, 6.45) is 2.45. The van der Waals surface area contributed by atoms with Crippen LogP contribution in [0.15, 0.2) is 65.8 Å². The fraction of sp³-hybridized carbons (Fsp3) is 0.345. The van der Waals surface area contributed by atoms with Crippen LogP contribution in [-0.2, 0) is 32.0 Å². The van der Waals surface area contributed by atoms with E-state index in [1.807, 2.05) is 54.6 Å². The summed E-state index contributed by atoms with van der Waals surface area (Å²) >= 11 is 0. The number of para-hydroxylation sites is 1. The third-order valence-electron chi connectivity index (χ3n) is 6.68.